The maximum absolute atomic E-state index is 11.1. The third-order valence-electron chi connectivity index (χ3n) is 2.46. The van der Waals surface area contributed by atoms with Crippen molar-refractivity contribution in [1.29, 1.82) is 0 Å². The van der Waals surface area contributed by atoms with Crippen molar-refractivity contribution in [3.8, 4) is 5.75 Å². The van der Waals surface area contributed by atoms with Crippen molar-refractivity contribution in [1.82, 2.24) is 0 Å². The summed E-state index contributed by atoms with van der Waals surface area (Å²) in [5, 5.41) is 9.12. The fraction of sp³-hybridized carbons (Fsp3) is 0.615. The van der Waals surface area contributed by atoms with Gasteiger partial charge in [-0.25, -0.2) is 4.79 Å². The second-order valence-electron chi connectivity index (χ2n) is 4.18. The van der Waals surface area contributed by atoms with Crippen LogP contribution in [-0.2, 0) is 6.42 Å². The average Bonchev–Trinajstić information content (AvgIpc) is 2.62. The second-order valence-corrected chi connectivity index (χ2v) is 5.32. The minimum Gasteiger partial charge on any atom is -0.489 e. The van der Waals surface area contributed by atoms with Gasteiger partial charge in [-0.05, 0) is 25.8 Å². The maximum Gasteiger partial charge on any atom is 0.349 e. The molecule has 3 nitrogen and oxygen atoms in total. The van der Waals surface area contributed by atoms with E-state index in [4.69, 9.17) is 9.84 Å². The second kappa shape index (κ2) is 6.64. The van der Waals surface area contributed by atoms with Crippen molar-refractivity contribution in [2.45, 2.75) is 52.6 Å². The highest BCUT2D eigenvalue weighted by Gasteiger charge is 2.18. The smallest absolute Gasteiger partial charge is 0.349 e. The number of rotatable bonds is 7. The lowest BCUT2D eigenvalue weighted by atomic mass is 10.2. The summed E-state index contributed by atoms with van der Waals surface area (Å²) < 4.78 is 5.70. The van der Waals surface area contributed by atoms with Crippen molar-refractivity contribution < 1.29 is 14.6 Å². The van der Waals surface area contributed by atoms with Gasteiger partial charge in [0.25, 0.3) is 0 Å². The summed E-state index contributed by atoms with van der Waals surface area (Å²) in [5.74, 6) is -0.358. The van der Waals surface area contributed by atoms with Gasteiger partial charge in [-0.1, -0.05) is 26.7 Å². The summed E-state index contributed by atoms with van der Waals surface area (Å²) >= 11 is 1.33. The van der Waals surface area contributed by atoms with E-state index in [1.54, 1.807) is 0 Å². The predicted octanol–water partition coefficient (Wildman–Crippen LogP) is 3.97. The molecule has 1 aromatic rings. The third kappa shape index (κ3) is 4.04. The van der Waals surface area contributed by atoms with Gasteiger partial charge in [-0.15, -0.1) is 11.3 Å². The van der Waals surface area contributed by atoms with Gasteiger partial charge in [-0.2, -0.15) is 0 Å². The van der Waals surface area contributed by atoms with Crippen LogP contribution in [0.3, 0.4) is 0 Å². The molecule has 0 aliphatic heterocycles. The van der Waals surface area contributed by atoms with Crippen molar-refractivity contribution in [3.05, 3.63) is 15.8 Å². The molecule has 0 spiro atoms. The molecule has 0 fully saturated rings. The topological polar surface area (TPSA) is 46.5 Å². The zero-order valence-electron chi connectivity index (χ0n) is 10.7. The van der Waals surface area contributed by atoms with Crippen LogP contribution in [0, 0.1) is 0 Å². The van der Waals surface area contributed by atoms with Gasteiger partial charge < -0.3 is 9.84 Å². The van der Waals surface area contributed by atoms with Crippen LogP contribution in [0.25, 0.3) is 0 Å². The fourth-order valence-electron chi connectivity index (χ4n) is 1.71. The van der Waals surface area contributed by atoms with E-state index in [-0.39, 0.29) is 6.10 Å². The third-order valence-corrected chi connectivity index (χ3v) is 3.63. The molecular weight excluding hydrogens is 236 g/mol. The van der Waals surface area contributed by atoms with Gasteiger partial charge >= 0.3 is 5.97 Å². The first-order chi connectivity index (χ1) is 8.08. The first kappa shape index (κ1) is 14.0. The molecule has 0 radical (unpaired) electrons. The number of aryl methyl sites for hydroxylation is 1. The molecule has 0 aliphatic rings. The standard InChI is InChI=1S/C13H20O3S/c1-4-6-9(3)16-11-8-10(7-5-2)17-12(11)13(14)15/h8-9H,4-7H2,1-3H3,(H,14,15). The number of thiophene rings is 1. The number of ether oxygens (including phenoxy) is 1. The number of hydrogen-bond donors (Lipinski definition) is 1. The normalized spacial score (nSPS) is 12.4. The summed E-state index contributed by atoms with van der Waals surface area (Å²) in [5.41, 5.74) is 0. The molecule has 1 N–H and O–H groups in total. The van der Waals surface area contributed by atoms with Crippen molar-refractivity contribution in [3.63, 3.8) is 0 Å². The zero-order chi connectivity index (χ0) is 12.8. The molecule has 0 amide bonds. The molecule has 1 atom stereocenters. The van der Waals surface area contributed by atoms with E-state index in [0.29, 0.717) is 10.6 Å². The summed E-state index contributed by atoms with van der Waals surface area (Å²) in [6.07, 6.45) is 3.98. The summed E-state index contributed by atoms with van der Waals surface area (Å²) in [6.45, 7) is 6.15. The minimum absolute atomic E-state index is 0.0715. The van der Waals surface area contributed by atoms with Gasteiger partial charge in [0.15, 0.2) is 4.88 Å². The molecule has 0 saturated carbocycles. The monoisotopic (exact) mass is 256 g/mol. The lowest BCUT2D eigenvalue weighted by molar-refractivity contribution is 0.0695. The van der Waals surface area contributed by atoms with Crippen LogP contribution in [0.15, 0.2) is 6.07 Å². The van der Waals surface area contributed by atoms with Gasteiger partial charge in [0, 0.05) is 4.88 Å². The van der Waals surface area contributed by atoms with Crippen LogP contribution in [0.2, 0.25) is 0 Å². The fourth-order valence-corrected chi connectivity index (χ4v) is 2.74. The van der Waals surface area contributed by atoms with E-state index in [1.807, 2.05) is 13.0 Å². The molecule has 0 aromatic carbocycles. The molecule has 1 heterocycles. The Kier molecular flexibility index (Phi) is 5.48. The summed E-state index contributed by atoms with van der Waals surface area (Å²) in [6, 6.07) is 1.88. The molecule has 17 heavy (non-hydrogen) atoms. The average molecular weight is 256 g/mol. The Bertz CT molecular complexity index is 371. The molecule has 1 rings (SSSR count). The molecule has 1 unspecified atom stereocenters. The van der Waals surface area contributed by atoms with Gasteiger partial charge in [0.2, 0.25) is 0 Å². The highest BCUT2D eigenvalue weighted by atomic mass is 32.1. The minimum atomic E-state index is -0.893. The van der Waals surface area contributed by atoms with Crippen LogP contribution < -0.4 is 4.74 Å². The van der Waals surface area contributed by atoms with Crippen LogP contribution in [0.4, 0.5) is 0 Å². The van der Waals surface area contributed by atoms with E-state index < -0.39 is 5.97 Å². The van der Waals surface area contributed by atoms with E-state index in [1.165, 1.54) is 11.3 Å². The quantitative estimate of drug-likeness (QED) is 0.803. The maximum atomic E-state index is 11.1. The summed E-state index contributed by atoms with van der Waals surface area (Å²) in [4.78, 5) is 12.5. The Morgan fingerprint density at radius 1 is 1.47 bits per heavy atom. The van der Waals surface area contributed by atoms with Crippen LogP contribution in [-0.4, -0.2) is 17.2 Å². The molecule has 1 aromatic heterocycles. The number of carboxylic acid groups (broad SMARTS) is 1. The Morgan fingerprint density at radius 2 is 2.18 bits per heavy atom. The van der Waals surface area contributed by atoms with Crippen LogP contribution in [0.5, 0.6) is 5.75 Å². The highest BCUT2D eigenvalue weighted by molar-refractivity contribution is 7.14. The van der Waals surface area contributed by atoms with Gasteiger partial charge in [0.05, 0.1) is 6.10 Å². The van der Waals surface area contributed by atoms with E-state index in [2.05, 4.69) is 13.8 Å². The van der Waals surface area contributed by atoms with Gasteiger partial charge in [-0.3, -0.25) is 0 Å². The molecule has 0 bridgehead atoms. The first-order valence-electron chi connectivity index (χ1n) is 6.11. The predicted molar refractivity (Wildman–Crippen MR) is 70.3 cm³/mol. The molecule has 0 aliphatic carbocycles. The van der Waals surface area contributed by atoms with Gasteiger partial charge in [0.1, 0.15) is 5.75 Å². The van der Waals surface area contributed by atoms with Crippen molar-refractivity contribution in [2.75, 3.05) is 0 Å². The largest absolute Gasteiger partial charge is 0.489 e. The Hall–Kier alpha value is -1.03. The van der Waals surface area contributed by atoms with Crippen molar-refractivity contribution >= 4 is 17.3 Å². The SMILES string of the molecule is CCCc1cc(OC(C)CCC)c(C(=O)O)s1. The lowest BCUT2D eigenvalue weighted by Crippen LogP contribution is -2.12. The molecule has 0 saturated heterocycles. The Balaban J connectivity index is 2.84. The van der Waals surface area contributed by atoms with E-state index >= 15 is 0 Å². The van der Waals surface area contributed by atoms with E-state index in [0.717, 1.165) is 30.6 Å². The Labute approximate surface area is 106 Å². The van der Waals surface area contributed by atoms with Crippen LogP contribution in [0.1, 0.15) is 54.6 Å². The Morgan fingerprint density at radius 3 is 2.71 bits per heavy atom. The highest BCUT2D eigenvalue weighted by Crippen LogP contribution is 2.31. The summed E-state index contributed by atoms with van der Waals surface area (Å²) in [7, 11) is 0. The molecule has 96 valence electrons. The first-order valence-corrected chi connectivity index (χ1v) is 6.92. The molecule has 4 heteroatoms. The number of carboxylic acids is 1. The zero-order valence-corrected chi connectivity index (χ0v) is 11.5. The van der Waals surface area contributed by atoms with E-state index in [9.17, 15) is 4.79 Å². The number of hydrogen-bond acceptors (Lipinski definition) is 3. The number of aromatic carboxylic acids is 1. The lowest BCUT2D eigenvalue weighted by Gasteiger charge is -2.12. The number of carbonyl (C=O) groups is 1. The van der Waals surface area contributed by atoms with Crippen molar-refractivity contribution in [2.24, 2.45) is 0 Å². The molecular formula is C13H20O3S. The van der Waals surface area contributed by atoms with Crippen LogP contribution >= 0.6 is 11.3 Å².